The maximum Gasteiger partial charge on any atom is 0.307 e. The van der Waals surface area contributed by atoms with Crippen LogP contribution in [-0.2, 0) is 27.3 Å². The number of halogens is 2. The highest BCUT2D eigenvalue weighted by Crippen LogP contribution is 2.29. The number of benzene rings is 2. The summed E-state index contributed by atoms with van der Waals surface area (Å²) in [5.41, 5.74) is 2.56. The second kappa shape index (κ2) is 12.3. The van der Waals surface area contributed by atoms with Crippen LogP contribution < -0.4 is 4.74 Å². The highest BCUT2D eigenvalue weighted by molar-refractivity contribution is 6.36. The average Bonchev–Trinajstić information content (AvgIpc) is 2.77. The number of nitrogens with zero attached hydrogens (tertiary/aromatic N) is 1. The van der Waals surface area contributed by atoms with E-state index in [2.05, 4.69) is 11.8 Å². The van der Waals surface area contributed by atoms with Crippen LogP contribution in [0.15, 0.2) is 36.4 Å². The number of carbonyl (C=O) groups is 1. The summed E-state index contributed by atoms with van der Waals surface area (Å²) in [6.45, 7) is 10.9. The Morgan fingerprint density at radius 3 is 2.44 bits per heavy atom. The van der Waals surface area contributed by atoms with Gasteiger partial charge in [0.2, 0.25) is 0 Å². The molecule has 7 heteroatoms. The number of hydrogen-bond acceptors (Lipinski definition) is 5. The second-order valence-electron chi connectivity index (χ2n) is 9.64. The zero-order valence-corrected chi connectivity index (χ0v) is 22.0. The van der Waals surface area contributed by atoms with Crippen molar-refractivity contribution in [3.05, 3.63) is 63.1 Å². The summed E-state index contributed by atoms with van der Waals surface area (Å²) in [4.78, 5) is 14.3. The Morgan fingerprint density at radius 1 is 1.15 bits per heavy atom. The van der Waals surface area contributed by atoms with E-state index in [0.29, 0.717) is 36.2 Å². The predicted octanol–water partition coefficient (Wildman–Crippen LogP) is 6.63. The van der Waals surface area contributed by atoms with Crippen LogP contribution in [0.5, 0.6) is 5.75 Å². The molecular weight excluding hydrogens is 473 g/mol. The van der Waals surface area contributed by atoms with Crippen LogP contribution in [0.2, 0.25) is 10.0 Å². The predicted molar refractivity (Wildman–Crippen MR) is 137 cm³/mol. The smallest absolute Gasteiger partial charge is 0.307 e. The number of ether oxygens (including phenoxy) is 3. The number of morpholine rings is 1. The lowest BCUT2D eigenvalue weighted by Gasteiger charge is -2.33. The van der Waals surface area contributed by atoms with Gasteiger partial charge in [-0.3, -0.25) is 9.69 Å². The summed E-state index contributed by atoms with van der Waals surface area (Å²) < 4.78 is 17.3. The molecule has 2 aromatic carbocycles. The van der Waals surface area contributed by atoms with E-state index in [1.54, 1.807) is 0 Å². The first-order valence-electron chi connectivity index (χ1n) is 11.9. The van der Waals surface area contributed by atoms with Crippen molar-refractivity contribution in [3.63, 3.8) is 0 Å². The zero-order chi connectivity index (χ0) is 24.7. The largest absolute Gasteiger partial charge is 0.489 e. The molecule has 1 unspecified atom stereocenters. The Bertz CT molecular complexity index is 933. The van der Waals surface area contributed by atoms with Gasteiger partial charge in [-0.1, -0.05) is 48.7 Å². The first kappa shape index (κ1) is 26.8. The molecule has 3 rings (SSSR count). The van der Waals surface area contributed by atoms with Gasteiger partial charge in [0, 0.05) is 35.2 Å². The molecule has 1 fully saturated rings. The first-order valence-corrected chi connectivity index (χ1v) is 12.7. The van der Waals surface area contributed by atoms with E-state index >= 15 is 0 Å². The van der Waals surface area contributed by atoms with Crippen molar-refractivity contribution < 1.29 is 19.0 Å². The Kier molecular flexibility index (Phi) is 9.66. The lowest BCUT2D eigenvalue weighted by Crippen LogP contribution is -2.39. The summed E-state index contributed by atoms with van der Waals surface area (Å²) in [5.74, 6) is 0.573. The molecule has 34 heavy (non-hydrogen) atoms. The normalized spacial score (nSPS) is 16.9. The Labute approximate surface area is 213 Å². The van der Waals surface area contributed by atoms with Crippen LogP contribution in [0.4, 0.5) is 0 Å². The van der Waals surface area contributed by atoms with E-state index in [1.807, 2.05) is 57.2 Å². The fourth-order valence-electron chi connectivity index (χ4n) is 3.91. The molecule has 1 aliphatic rings. The molecule has 1 saturated heterocycles. The Balaban J connectivity index is 1.52. The van der Waals surface area contributed by atoms with E-state index in [4.69, 9.17) is 37.4 Å². The molecule has 0 radical (unpaired) electrons. The van der Waals surface area contributed by atoms with E-state index in [-0.39, 0.29) is 12.1 Å². The molecule has 1 atom stereocenters. The third-order valence-corrected chi connectivity index (χ3v) is 6.25. The molecule has 2 aromatic rings. The van der Waals surface area contributed by atoms with Gasteiger partial charge >= 0.3 is 5.97 Å². The van der Waals surface area contributed by atoms with Gasteiger partial charge in [0.1, 0.15) is 18.0 Å². The van der Waals surface area contributed by atoms with Crippen molar-refractivity contribution in [2.45, 2.75) is 65.3 Å². The molecule has 0 spiro atoms. The van der Waals surface area contributed by atoms with E-state index in [1.165, 1.54) is 0 Å². The number of carbonyl (C=O) groups excluding carboxylic acids is 1. The van der Waals surface area contributed by atoms with Crippen LogP contribution in [0.3, 0.4) is 0 Å². The number of hydrogen-bond donors (Lipinski definition) is 0. The highest BCUT2D eigenvalue weighted by Gasteiger charge is 2.23. The SMILES string of the molecule is CCCc1cc(Cl)c(COc2ccc(C3CN(CCC(=O)OC(C)(C)C)CCO3)cc2)c(Cl)c1. The van der Waals surface area contributed by atoms with Gasteiger partial charge in [0.25, 0.3) is 0 Å². The van der Waals surface area contributed by atoms with Crippen molar-refractivity contribution in [3.8, 4) is 5.75 Å². The lowest BCUT2D eigenvalue weighted by atomic mass is 10.1. The van der Waals surface area contributed by atoms with Crippen molar-refractivity contribution in [2.24, 2.45) is 0 Å². The van der Waals surface area contributed by atoms with Gasteiger partial charge in [-0.25, -0.2) is 0 Å². The minimum Gasteiger partial charge on any atom is -0.489 e. The number of rotatable bonds is 9. The van der Waals surface area contributed by atoms with E-state index in [0.717, 1.165) is 48.4 Å². The molecule has 0 bridgehead atoms. The van der Waals surface area contributed by atoms with Crippen molar-refractivity contribution in [1.29, 1.82) is 0 Å². The summed E-state index contributed by atoms with van der Waals surface area (Å²) in [7, 11) is 0. The third kappa shape index (κ3) is 8.16. The Hall–Kier alpha value is -1.79. The van der Waals surface area contributed by atoms with Gasteiger partial charge in [-0.15, -0.1) is 0 Å². The molecule has 186 valence electrons. The molecule has 1 aliphatic heterocycles. The Morgan fingerprint density at radius 2 is 1.82 bits per heavy atom. The van der Waals surface area contributed by atoms with E-state index < -0.39 is 5.60 Å². The molecule has 0 amide bonds. The molecule has 5 nitrogen and oxygen atoms in total. The molecular formula is C27H35Cl2NO4. The van der Waals surface area contributed by atoms with Crippen LogP contribution in [0, 0.1) is 0 Å². The van der Waals surface area contributed by atoms with Crippen LogP contribution in [-0.4, -0.2) is 42.7 Å². The lowest BCUT2D eigenvalue weighted by molar-refractivity contribution is -0.155. The molecule has 0 aliphatic carbocycles. The quantitative estimate of drug-likeness (QED) is 0.356. The van der Waals surface area contributed by atoms with Crippen molar-refractivity contribution in [2.75, 3.05) is 26.2 Å². The van der Waals surface area contributed by atoms with Crippen molar-refractivity contribution in [1.82, 2.24) is 4.90 Å². The van der Waals surface area contributed by atoms with Gasteiger partial charge in [-0.2, -0.15) is 0 Å². The minimum atomic E-state index is -0.455. The van der Waals surface area contributed by atoms with Gasteiger partial charge < -0.3 is 14.2 Å². The third-order valence-electron chi connectivity index (χ3n) is 5.58. The van der Waals surface area contributed by atoms with Crippen LogP contribution in [0.25, 0.3) is 0 Å². The van der Waals surface area contributed by atoms with Crippen molar-refractivity contribution >= 4 is 29.2 Å². The molecule has 0 N–H and O–H groups in total. The fourth-order valence-corrected chi connectivity index (χ4v) is 4.55. The minimum absolute atomic E-state index is 0.0450. The maximum atomic E-state index is 12.0. The standard InChI is InChI=1S/C27H35Cl2NO4/c1-5-6-19-15-23(28)22(24(29)16-19)18-33-21-9-7-20(8-10-21)25-17-30(13-14-32-25)12-11-26(31)34-27(2,3)4/h7-10,15-16,25H,5-6,11-14,17-18H2,1-4H3. The molecule has 0 saturated carbocycles. The van der Waals surface area contributed by atoms with Gasteiger partial charge in [-0.05, 0) is 62.6 Å². The van der Waals surface area contributed by atoms with Crippen LogP contribution in [0.1, 0.15) is 63.3 Å². The average molecular weight is 508 g/mol. The number of esters is 1. The highest BCUT2D eigenvalue weighted by atomic mass is 35.5. The molecule has 0 aromatic heterocycles. The van der Waals surface area contributed by atoms with Gasteiger partial charge in [0.15, 0.2) is 0 Å². The molecule has 1 heterocycles. The summed E-state index contributed by atoms with van der Waals surface area (Å²) >= 11 is 12.9. The summed E-state index contributed by atoms with van der Waals surface area (Å²) in [6.07, 6.45) is 2.32. The van der Waals surface area contributed by atoms with Gasteiger partial charge in [0.05, 0.1) is 19.1 Å². The monoisotopic (exact) mass is 507 g/mol. The maximum absolute atomic E-state index is 12.0. The fraction of sp³-hybridized carbons (Fsp3) is 0.519. The summed E-state index contributed by atoms with van der Waals surface area (Å²) in [5, 5.41) is 1.27. The zero-order valence-electron chi connectivity index (χ0n) is 20.5. The first-order chi connectivity index (χ1) is 16.1. The number of aryl methyl sites for hydroxylation is 1. The van der Waals surface area contributed by atoms with E-state index in [9.17, 15) is 4.79 Å². The summed E-state index contributed by atoms with van der Waals surface area (Å²) in [6, 6.07) is 11.8. The topological polar surface area (TPSA) is 48.0 Å². The second-order valence-corrected chi connectivity index (χ2v) is 10.5. The van der Waals surface area contributed by atoms with Crippen LogP contribution >= 0.6 is 23.2 Å².